The number of aryl methyl sites for hydroxylation is 1. The van der Waals surface area contributed by atoms with Crippen LogP contribution in [0.4, 0.5) is 0 Å². The minimum atomic E-state index is -3.81. The zero-order valence-electron chi connectivity index (χ0n) is 16.7. The first kappa shape index (κ1) is 22.7. The second-order valence-corrected chi connectivity index (χ2v) is 10.3. The molecule has 1 N–H and O–H groups in total. The Morgan fingerprint density at radius 2 is 1.93 bits per heavy atom. The average Bonchev–Trinajstić information content (AvgIpc) is 2.66. The van der Waals surface area contributed by atoms with Crippen LogP contribution in [0.2, 0.25) is 0 Å². The summed E-state index contributed by atoms with van der Waals surface area (Å²) in [5.41, 5.74) is 0.956. The van der Waals surface area contributed by atoms with Gasteiger partial charge in [0.1, 0.15) is 12.1 Å². The number of nitrogens with zero attached hydrogens (tertiary/aromatic N) is 1. The molecule has 1 aliphatic rings. The number of methoxy groups -OCH3 is 1. The fourth-order valence-corrected chi connectivity index (χ4v) is 5.87. The maximum absolute atomic E-state index is 13.1. The van der Waals surface area contributed by atoms with Crippen LogP contribution in [0.1, 0.15) is 25.8 Å². The SMILES string of the molecule is COC(=O)[C@@H](CC(C)C)NC(=O)[C@@H]1CSCCN1S(=O)(=O)c1ccc(C)cc1. The highest BCUT2D eigenvalue weighted by Gasteiger charge is 2.39. The Kier molecular flexibility index (Phi) is 7.91. The van der Waals surface area contributed by atoms with Gasteiger partial charge in [-0.3, -0.25) is 4.79 Å². The summed E-state index contributed by atoms with van der Waals surface area (Å²) >= 11 is 1.52. The van der Waals surface area contributed by atoms with E-state index in [2.05, 4.69) is 5.32 Å². The Balaban J connectivity index is 2.24. The van der Waals surface area contributed by atoms with Crippen molar-refractivity contribution < 1.29 is 22.7 Å². The average molecular weight is 429 g/mol. The molecule has 0 aromatic heterocycles. The van der Waals surface area contributed by atoms with Gasteiger partial charge in [0.05, 0.1) is 12.0 Å². The van der Waals surface area contributed by atoms with Crippen molar-refractivity contribution in [1.82, 2.24) is 9.62 Å². The lowest BCUT2D eigenvalue weighted by atomic mass is 10.0. The lowest BCUT2D eigenvalue weighted by Gasteiger charge is -2.34. The van der Waals surface area contributed by atoms with Gasteiger partial charge in [-0.2, -0.15) is 16.1 Å². The molecule has 0 bridgehead atoms. The molecule has 0 radical (unpaired) electrons. The lowest BCUT2D eigenvalue weighted by molar-refractivity contribution is -0.146. The van der Waals surface area contributed by atoms with Gasteiger partial charge in [-0.1, -0.05) is 31.5 Å². The number of benzene rings is 1. The van der Waals surface area contributed by atoms with Crippen LogP contribution in [0.3, 0.4) is 0 Å². The van der Waals surface area contributed by atoms with Gasteiger partial charge in [-0.15, -0.1) is 0 Å². The molecule has 28 heavy (non-hydrogen) atoms. The smallest absolute Gasteiger partial charge is 0.328 e. The molecule has 2 rings (SSSR count). The summed E-state index contributed by atoms with van der Waals surface area (Å²) in [7, 11) is -2.54. The van der Waals surface area contributed by atoms with Crippen molar-refractivity contribution in [3.8, 4) is 0 Å². The van der Waals surface area contributed by atoms with Gasteiger partial charge in [0, 0.05) is 18.1 Å². The van der Waals surface area contributed by atoms with Crippen molar-refractivity contribution in [2.45, 2.75) is 44.2 Å². The summed E-state index contributed by atoms with van der Waals surface area (Å²) < 4.78 is 32.3. The molecular formula is C19H28N2O5S2. The maximum Gasteiger partial charge on any atom is 0.328 e. The Labute approximate surface area is 171 Å². The van der Waals surface area contributed by atoms with Crippen molar-refractivity contribution >= 4 is 33.7 Å². The number of esters is 1. The largest absolute Gasteiger partial charge is 0.467 e. The normalized spacial score (nSPS) is 19.2. The second kappa shape index (κ2) is 9.76. The Morgan fingerprint density at radius 1 is 1.29 bits per heavy atom. The molecule has 1 aliphatic heterocycles. The third-order valence-electron chi connectivity index (χ3n) is 4.52. The molecule has 0 spiro atoms. The molecule has 0 saturated carbocycles. The molecule has 9 heteroatoms. The van der Waals surface area contributed by atoms with E-state index in [0.717, 1.165) is 5.56 Å². The van der Waals surface area contributed by atoms with E-state index in [1.165, 1.54) is 23.2 Å². The lowest BCUT2D eigenvalue weighted by Crippen LogP contribution is -2.56. The van der Waals surface area contributed by atoms with Crippen molar-refractivity contribution in [2.75, 3.05) is 25.2 Å². The van der Waals surface area contributed by atoms with E-state index >= 15 is 0 Å². The molecule has 1 amide bonds. The first-order valence-electron chi connectivity index (χ1n) is 9.21. The molecule has 156 valence electrons. The summed E-state index contributed by atoms with van der Waals surface area (Å²) in [4.78, 5) is 25.1. The molecule has 1 heterocycles. The highest BCUT2D eigenvalue weighted by atomic mass is 32.2. The number of carbonyl (C=O) groups excluding carboxylic acids is 2. The number of carbonyl (C=O) groups is 2. The number of ether oxygens (including phenoxy) is 1. The molecule has 1 aromatic rings. The molecule has 0 aliphatic carbocycles. The van der Waals surface area contributed by atoms with Crippen LogP contribution in [0, 0.1) is 12.8 Å². The summed E-state index contributed by atoms with van der Waals surface area (Å²) in [6, 6.07) is 4.90. The van der Waals surface area contributed by atoms with Crippen LogP contribution in [-0.2, 0) is 24.3 Å². The van der Waals surface area contributed by atoms with Crippen LogP contribution in [-0.4, -0.2) is 61.8 Å². The van der Waals surface area contributed by atoms with E-state index in [-0.39, 0.29) is 17.4 Å². The van der Waals surface area contributed by atoms with Crippen LogP contribution >= 0.6 is 11.8 Å². The predicted octanol–water partition coefficient (Wildman–Crippen LogP) is 1.81. The zero-order chi connectivity index (χ0) is 20.9. The number of amides is 1. The van der Waals surface area contributed by atoms with Crippen LogP contribution in [0.5, 0.6) is 0 Å². The van der Waals surface area contributed by atoms with Crippen molar-refractivity contribution in [3.63, 3.8) is 0 Å². The highest BCUT2D eigenvalue weighted by molar-refractivity contribution is 7.99. The highest BCUT2D eigenvalue weighted by Crippen LogP contribution is 2.25. The van der Waals surface area contributed by atoms with Gasteiger partial charge < -0.3 is 10.1 Å². The summed E-state index contributed by atoms with van der Waals surface area (Å²) in [5, 5.41) is 2.70. The van der Waals surface area contributed by atoms with E-state index in [9.17, 15) is 18.0 Å². The second-order valence-electron chi connectivity index (χ2n) is 7.23. The molecular weight excluding hydrogens is 400 g/mol. The van der Waals surface area contributed by atoms with Crippen molar-refractivity contribution in [1.29, 1.82) is 0 Å². The fraction of sp³-hybridized carbons (Fsp3) is 0.579. The molecule has 1 fully saturated rings. The molecule has 1 saturated heterocycles. The van der Waals surface area contributed by atoms with Gasteiger partial charge in [-0.05, 0) is 31.4 Å². The first-order valence-corrected chi connectivity index (χ1v) is 11.8. The molecule has 0 unspecified atom stereocenters. The van der Waals surface area contributed by atoms with Crippen LogP contribution in [0.25, 0.3) is 0 Å². The number of rotatable bonds is 7. The van der Waals surface area contributed by atoms with Crippen LogP contribution in [0.15, 0.2) is 29.2 Å². The van der Waals surface area contributed by atoms with Crippen LogP contribution < -0.4 is 5.32 Å². The van der Waals surface area contributed by atoms with Gasteiger partial charge in [0.2, 0.25) is 15.9 Å². The van der Waals surface area contributed by atoms with Gasteiger partial charge in [-0.25, -0.2) is 13.2 Å². The number of nitrogens with one attached hydrogen (secondary N) is 1. The van der Waals surface area contributed by atoms with Gasteiger partial charge in [0.25, 0.3) is 0 Å². The van der Waals surface area contributed by atoms with E-state index < -0.39 is 34.0 Å². The van der Waals surface area contributed by atoms with E-state index in [1.54, 1.807) is 24.3 Å². The van der Waals surface area contributed by atoms with E-state index in [1.807, 2.05) is 20.8 Å². The predicted molar refractivity (Wildman–Crippen MR) is 110 cm³/mol. The van der Waals surface area contributed by atoms with Gasteiger partial charge in [0.15, 0.2) is 0 Å². The minimum Gasteiger partial charge on any atom is -0.467 e. The maximum atomic E-state index is 13.1. The quantitative estimate of drug-likeness (QED) is 0.666. The molecule has 2 atom stereocenters. The Bertz CT molecular complexity index is 793. The number of hydrogen-bond donors (Lipinski definition) is 1. The Hall–Kier alpha value is -1.58. The first-order chi connectivity index (χ1) is 13.2. The summed E-state index contributed by atoms with van der Waals surface area (Å²) in [5.74, 6) is 0.114. The number of hydrogen-bond acceptors (Lipinski definition) is 6. The molecule has 7 nitrogen and oxygen atoms in total. The number of sulfonamides is 1. The molecule has 1 aromatic carbocycles. The van der Waals surface area contributed by atoms with E-state index in [0.29, 0.717) is 17.9 Å². The standard InChI is InChI=1S/C19H28N2O5S2/c1-13(2)11-16(19(23)26-4)20-18(22)17-12-27-10-9-21(17)28(24,25)15-7-5-14(3)6-8-15/h5-8,13,16-17H,9-12H2,1-4H3,(H,20,22)/t16-,17+/m1/s1. The third-order valence-corrected chi connectivity index (χ3v) is 7.46. The number of thioether (sulfide) groups is 1. The van der Waals surface area contributed by atoms with Gasteiger partial charge >= 0.3 is 5.97 Å². The Morgan fingerprint density at radius 3 is 2.50 bits per heavy atom. The van der Waals surface area contributed by atoms with E-state index in [4.69, 9.17) is 4.74 Å². The monoisotopic (exact) mass is 428 g/mol. The summed E-state index contributed by atoms with van der Waals surface area (Å²) in [6.45, 7) is 6.00. The zero-order valence-corrected chi connectivity index (χ0v) is 18.3. The van der Waals surface area contributed by atoms with Crippen molar-refractivity contribution in [2.24, 2.45) is 5.92 Å². The topological polar surface area (TPSA) is 92.8 Å². The summed E-state index contributed by atoms with van der Waals surface area (Å²) in [6.07, 6.45) is 0.420. The minimum absolute atomic E-state index is 0.162. The fourth-order valence-electron chi connectivity index (χ4n) is 3.02. The van der Waals surface area contributed by atoms with Crippen molar-refractivity contribution in [3.05, 3.63) is 29.8 Å². The third kappa shape index (κ3) is 5.48.